The Morgan fingerprint density at radius 3 is 1.96 bits per heavy atom. The Balaban J connectivity index is 1.92. The topological polar surface area (TPSA) is 19.6 Å². The van der Waals surface area contributed by atoms with Crippen LogP contribution in [-0.2, 0) is 16.2 Å². The van der Waals surface area contributed by atoms with Crippen LogP contribution >= 0.6 is 0 Å². The molecule has 0 unspecified atom stereocenters. The molecule has 1 aliphatic heterocycles. The lowest BCUT2D eigenvalue weighted by molar-refractivity contribution is 0.332. The van der Waals surface area contributed by atoms with Gasteiger partial charge in [0.05, 0.1) is 0 Å². The molecule has 0 fully saturated rings. The Labute approximate surface area is 412 Å². The van der Waals surface area contributed by atoms with Crippen molar-refractivity contribution in [2.45, 2.75) is 193 Å². The molecule has 363 valence electrons. The van der Waals surface area contributed by atoms with Crippen molar-refractivity contribution >= 4 is 35.3 Å². The number of hydrogen-bond donors (Lipinski definition) is 0. The molecule has 1 radical (unpaired) electrons. The van der Waals surface area contributed by atoms with Crippen LogP contribution in [0, 0.1) is 28.6 Å². The molecule has 0 bridgehead atoms. The molecule has 3 nitrogen and oxygen atoms in total. The summed E-state index contributed by atoms with van der Waals surface area (Å²) >= 11 is 0. The number of allylic oxidation sites excluding steroid dienone is 8. The van der Waals surface area contributed by atoms with Crippen LogP contribution in [0.15, 0.2) is 124 Å². The van der Waals surface area contributed by atoms with Gasteiger partial charge in [-0.25, -0.2) is 0 Å². The smallest absolute Gasteiger partial charge is 0.195 e. The van der Waals surface area contributed by atoms with Gasteiger partial charge in [-0.3, -0.25) is 0 Å². The van der Waals surface area contributed by atoms with Crippen molar-refractivity contribution in [3.05, 3.63) is 136 Å². The van der Waals surface area contributed by atoms with Gasteiger partial charge < -0.3 is 14.2 Å². The third kappa shape index (κ3) is 12.9. The second kappa shape index (κ2) is 21.2. The summed E-state index contributed by atoms with van der Waals surface area (Å²) in [6, 6.07) is 14.4. The normalized spacial score (nSPS) is 19.4. The number of furan rings is 1. The molecule has 0 amide bonds. The van der Waals surface area contributed by atoms with Crippen LogP contribution in [0.25, 0.3) is 11.0 Å². The molecule has 5 rings (SSSR count). The highest BCUT2D eigenvalue weighted by Gasteiger charge is 2.39. The van der Waals surface area contributed by atoms with E-state index < -0.39 is 0 Å². The maximum Gasteiger partial charge on any atom is 0.195 e. The van der Waals surface area contributed by atoms with E-state index in [1.165, 1.54) is 39.6 Å². The summed E-state index contributed by atoms with van der Waals surface area (Å²) in [7, 11) is 2.36. The maximum atomic E-state index is 7.28. The van der Waals surface area contributed by atoms with Gasteiger partial charge in [0.25, 0.3) is 0 Å². The molecule has 2 aliphatic rings. The summed E-state index contributed by atoms with van der Waals surface area (Å²) in [6.07, 6.45) is 24.2. The predicted molar refractivity (Wildman–Crippen MR) is 298 cm³/mol. The van der Waals surface area contributed by atoms with Crippen molar-refractivity contribution in [3.63, 3.8) is 0 Å². The average Bonchev–Trinajstić information content (AvgIpc) is 3.60. The quantitative estimate of drug-likeness (QED) is 0.105. The van der Waals surface area contributed by atoms with Gasteiger partial charge in [0.15, 0.2) is 13.2 Å². The zero-order valence-corrected chi connectivity index (χ0v) is 46.1. The van der Waals surface area contributed by atoms with Crippen molar-refractivity contribution in [3.8, 4) is 0 Å². The van der Waals surface area contributed by atoms with E-state index >= 15 is 0 Å². The summed E-state index contributed by atoms with van der Waals surface area (Å²) in [4.78, 5) is 4.93. The Hall–Kier alpha value is -4.18. The summed E-state index contributed by atoms with van der Waals surface area (Å²) in [5.41, 5.74) is 13.4. The number of fused-ring (bicyclic) bond motifs is 4. The standard InChI is InChI=1S/C63H92BN2O/c1-21-47(60(13,14)33-30-44(5)6)39-52-42-64-57-53-40-54-55(63(19,20)36-35-62(54,17)18)41-56(53)67-58(57)65(49(22-2)25-23-24-43(3)4)37-32-51(38-46(9)59(10,11)12)66(52)50-28-26-48(27-29-50)61(15,16)34-31-45(7)8/h21-23,25-29,32,38-45H,1,24,30-31,33-37H2,2-20H3/b25-23-,46-38+,47-39+,49-22+,51-32+,52-42-. The van der Waals surface area contributed by atoms with Crippen LogP contribution in [0.5, 0.6) is 0 Å². The maximum absolute atomic E-state index is 7.28. The largest absolute Gasteiger partial charge is 0.441 e. The highest BCUT2D eigenvalue weighted by molar-refractivity contribution is 6.64. The van der Waals surface area contributed by atoms with Gasteiger partial charge in [-0.15, -0.1) is 0 Å². The molecule has 1 aromatic heterocycles. The fourth-order valence-electron chi connectivity index (χ4n) is 9.61. The van der Waals surface area contributed by atoms with E-state index in [9.17, 15) is 0 Å². The van der Waals surface area contributed by atoms with Crippen molar-refractivity contribution in [2.75, 3.05) is 16.3 Å². The first-order valence-corrected chi connectivity index (χ1v) is 26.0. The summed E-state index contributed by atoms with van der Waals surface area (Å²) in [6.45, 7) is 49.7. The van der Waals surface area contributed by atoms with E-state index in [1.54, 1.807) is 0 Å². The second-order valence-electron chi connectivity index (χ2n) is 25.1. The molecule has 3 aromatic rings. The second-order valence-corrected chi connectivity index (χ2v) is 25.1. The first-order chi connectivity index (χ1) is 31.1. The number of anilines is 2. The summed E-state index contributed by atoms with van der Waals surface area (Å²) < 4.78 is 7.28. The molecule has 0 saturated heterocycles. The van der Waals surface area contributed by atoms with Crippen LogP contribution in [0.4, 0.5) is 11.6 Å². The third-order valence-corrected chi connectivity index (χ3v) is 15.3. The third-order valence-electron chi connectivity index (χ3n) is 15.3. The number of benzene rings is 2. The fraction of sp³-hybridized carbons (Fsp3) is 0.556. The van der Waals surface area contributed by atoms with Gasteiger partial charge in [-0.1, -0.05) is 179 Å². The lowest BCUT2D eigenvalue weighted by Crippen LogP contribution is -2.34. The molecule has 2 heterocycles. The first kappa shape index (κ1) is 53.8. The Kier molecular flexibility index (Phi) is 17.0. The number of hydrogen-bond acceptors (Lipinski definition) is 3. The lowest BCUT2D eigenvalue weighted by Gasteiger charge is -2.41. The van der Waals surface area contributed by atoms with Gasteiger partial charge in [-0.2, -0.15) is 0 Å². The number of rotatable bonds is 16. The summed E-state index contributed by atoms with van der Waals surface area (Å²) in [5.74, 6) is 5.09. The monoisotopic (exact) mass is 904 g/mol. The fourth-order valence-corrected chi connectivity index (χ4v) is 9.61. The van der Waals surface area contributed by atoms with Crippen molar-refractivity contribution < 1.29 is 4.42 Å². The van der Waals surface area contributed by atoms with E-state index in [4.69, 9.17) is 4.42 Å². The van der Waals surface area contributed by atoms with E-state index in [0.717, 1.165) is 78.2 Å². The minimum Gasteiger partial charge on any atom is -0.441 e. The Morgan fingerprint density at radius 2 is 1.40 bits per heavy atom. The van der Waals surface area contributed by atoms with Gasteiger partial charge in [0, 0.05) is 34.7 Å². The highest BCUT2D eigenvalue weighted by atomic mass is 16.4. The van der Waals surface area contributed by atoms with Gasteiger partial charge >= 0.3 is 0 Å². The van der Waals surface area contributed by atoms with Crippen molar-refractivity contribution in [2.24, 2.45) is 28.6 Å². The van der Waals surface area contributed by atoms with Gasteiger partial charge in [-0.05, 0) is 167 Å². The Bertz CT molecular complexity index is 2390. The molecule has 0 N–H and O–H groups in total. The van der Waals surface area contributed by atoms with E-state index in [1.807, 2.05) is 0 Å². The molecule has 2 aromatic carbocycles. The van der Waals surface area contributed by atoms with Crippen LogP contribution < -0.4 is 15.3 Å². The molecule has 4 heteroatoms. The van der Waals surface area contributed by atoms with Crippen LogP contribution in [0.2, 0.25) is 0 Å². The lowest BCUT2D eigenvalue weighted by atomic mass is 9.62. The highest BCUT2D eigenvalue weighted by Crippen LogP contribution is 2.48. The van der Waals surface area contributed by atoms with E-state index in [-0.39, 0.29) is 27.1 Å². The molecular formula is C63H92BN2O. The molecule has 0 spiro atoms. The minimum atomic E-state index is -0.0932. The van der Waals surface area contributed by atoms with Crippen molar-refractivity contribution in [1.82, 2.24) is 0 Å². The van der Waals surface area contributed by atoms with E-state index in [2.05, 4.69) is 240 Å². The zero-order valence-electron chi connectivity index (χ0n) is 46.1. The van der Waals surface area contributed by atoms with Gasteiger partial charge in [0.2, 0.25) is 0 Å². The summed E-state index contributed by atoms with van der Waals surface area (Å²) in [5, 5.41) is 1.17. The first-order valence-electron chi connectivity index (χ1n) is 26.0. The zero-order chi connectivity index (χ0) is 49.9. The van der Waals surface area contributed by atoms with Crippen LogP contribution in [-0.4, -0.2) is 13.8 Å². The van der Waals surface area contributed by atoms with Crippen LogP contribution in [0.1, 0.15) is 193 Å². The van der Waals surface area contributed by atoms with Crippen molar-refractivity contribution in [1.29, 1.82) is 0 Å². The molecule has 0 atom stereocenters. The van der Waals surface area contributed by atoms with E-state index in [0.29, 0.717) is 24.3 Å². The molecular weight excluding hydrogens is 812 g/mol. The molecule has 67 heavy (non-hydrogen) atoms. The number of nitrogens with zero attached hydrogens (tertiary/aromatic N) is 2. The van der Waals surface area contributed by atoms with Crippen LogP contribution in [0.3, 0.4) is 0 Å². The molecule has 1 aliphatic carbocycles. The van der Waals surface area contributed by atoms with Gasteiger partial charge in [0.1, 0.15) is 5.58 Å². The molecule has 0 saturated carbocycles. The minimum absolute atomic E-state index is 0.0383. The average molecular weight is 904 g/mol. The predicted octanol–water partition coefficient (Wildman–Crippen LogP) is 18.0. The Morgan fingerprint density at radius 1 is 0.806 bits per heavy atom. The SMILES string of the molecule is C=C/C(=C\C1=C\[B]c2c(oc3cc4c(cc23)C(C)(C)CCC4(C)C)N(C(/C=C\CC(C)C)=C/C)C/C=C(\C=C(/C)C(C)(C)C)N1c1ccc(C(C)(C)CCC(C)C)cc1)C(C)(C)CCC(C)C.